The number of rotatable bonds is 5. The van der Waals surface area contributed by atoms with Gasteiger partial charge < -0.3 is 5.73 Å². The summed E-state index contributed by atoms with van der Waals surface area (Å²) in [4.78, 5) is 6.84. The lowest BCUT2D eigenvalue weighted by atomic mass is 10.1. The molecular weight excluding hydrogens is 246 g/mol. The van der Waals surface area contributed by atoms with Gasteiger partial charge in [0.15, 0.2) is 0 Å². The molecular formula is C17H21N3. The summed E-state index contributed by atoms with van der Waals surface area (Å²) in [7, 11) is 0. The Morgan fingerprint density at radius 2 is 1.80 bits per heavy atom. The molecule has 0 amide bonds. The van der Waals surface area contributed by atoms with E-state index in [4.69, 9.17) is 5.73 Å². The molecule has 0 atom stereocenters. The molecule has 2 aromatic rings. The molecule has 2 N–H and O–H groups in total. The standard InChI is InChI=1S/C17H21N3/c1-13-8-15(10-19-9-13)12-20(17-6-7-17)11-14-2-4-16(18)5-3-14/h2-5,8-10,17H,6-7,11-12,18H2,1H3. The Bertz CT molecular complexity index is 573. The van der Waals surface area contributed by atoms with Crippen molar-refractivity contribution in [3.05, 3.63) is 59.4 Å². The fourth-order valence-corrected chi connectivity index (χ4v) is 2.55. The van der Waals surface area contributed by atoms with Gasteiger partial charge in [0.05, 0.1) is 0 Å². The van der Waals surface area contributed by atoms with E-state index in [9.17, 15) is 0 Å². The van der Waals surface area contributed by atoms with E-state index in [1.807, 2.05) is 24.5 Å². The van der Waals surface area contributed by atoms with Crippen molar-refractivity contribution >= 4 is 5.69 Å². The minimum atomic E-state index is 0.730. The van der Waals surface area contributed by atoms with Crippen molar-refractivity contribution in [3.8, 4) is 0 Å². The van der Waals surface area contributed by atoms with Crippen LogP contribution in [0.5, 0.6) is 0 Å². The maximum atomic E-state index is 5.75. The van der Waals surface area contributed by atoms with Gasteiger partial charge in [0.2, 0.25) is 0 Å². The van der Waals surface area contributed by atoms with E-state index >= 15 is 0 Å². The fraction of sp³-hybridized carbons (Fsp3) is 0.353. The lowest BCUT2D eigenvalue weighted by molar-refractivity contribution is 0.245. The number of aryl methyl sites for hydroxylation is 1. The predicted molar refractivity (Wildman–Crippen MR) is 82.1 cm³/mol. The third-order valence-corrected chi connectivity index (χ3v) is 3.75. The molecule has 1 fully saturated rings. The van der Waals surface area contributed by atoms with Gasteiger partial charge in [-0.3, -0.25) is 9.88 Å². The summed E-state index contributed by atoms with van der Waals surface area (Å²) < 4.78 is 0. The first-order chi connectivity index (χ1) is 9.70. The minimum Gasteiger partial charge on any atom is -0.399 e. The Balaban J connectivity index is 1.71. The molecule has 1 aromatic carbocycles. The first-order valence-corrected chi connectivity index (χ1v) is 7.20. The molecule has 0 aliphatic heterocycles. The number of hydrogen-bond donors (Lipinski definition) is 1. The molecule has 1 aromatic heterocycles. The molecule has 0 bridgehead atoms. The van der Waals surface area contributed by atoms with Crippen LogP contribution in [0.2, 0.25) is 0 Å². The normalized spacial score (nSPS) is 14.7. The number of pyridine rings is 1. The highest BCUT2D eigenvalue weighted by Gasteiger charge is 2.28. The molecule has 1 aliphatic carbocycles. The highest BCUT2D eigenvalue weighted by atomic mass is 15.2. The smallest absolute Gasteiger partial charge is 0.0314 e. The van der Waals surface area contributed by atoms with E-state index in [-0.39, 0.29) is 0 Å². The van der Waals surface area contributed by atoms with E-state index in [1.165, 1.54) is 29.5 Å². The number of nitrogen functional groups attached to an aromatic ring is 1. The van der Waals surface area contributed by atoms with Gasteiger partial charge in [-0.05, 0) is 48.6 Å². The van der Waals surface area contributed by atoms with Crippen molar-refractivity contribution in [1.82, 2.24) is 9.88 Å². The van der Waals surface area contributed by atoms with Crippen LogP contribution in [0.3, 0.4) is 0 Å². The van der Waals surface area contributed by atoms with Crippen LogP contribution in [0.1, 0.15) is 29.5 Å². The highest BCUT2D eigenvalue weighted by Crippen LogP contribution is 2.30. The average Bonchev–Trinajstić information content (AvgIpc) is 3.25. The van der Waals surface area contributed by atoms with Gasteiger partial charge in [0.25, 0.3) is 0 Å². The van der Waals surface area contributed by atoms with Gasteiger partial charge in [-0.25, -0.2) is 0 Å². The van der Waals surface area contributed by atoms with Crippen molar-refractivity contribution in [2.45, 2.75) is 38.9 Å². The quantitative estimate of drug-likeness (QED) is 0.846. The Kier molecular flexibility index (Phi) is 3.70. The van der Waals surface area contributed by atoms with Gasteiger partial charge in [0.1, 0.15) is 0 Å². The van der Waals surface area contributed by atoms with E-state index in [2.05, 4.69) is 35.0 Å². The molecule has 0 saturated heterocycles. The predicted octanol–water partition coefficient (Wildman–Crippen LogP) is 3.14. The van der Waals surface area contributed by atoms with E-state index in [1.54, 1.807) is 0 Å². The second-order valence-corrected chi connectivity index (χ2v) is 5.75. The monoisotopic (exact) mass is 267 g/mol. The number of benzene rings is 1. The number of aromatic nitrogens is 1. The zero-order valence-corrected chi connectivity index (χ0v) is 11.9. The molecule has 3 rings (SSSR count). The molecule has 0 unspecified atom stereocenters. The van der Waals surface area contributed by atoms with Crippen molar-refractivity contribution < 1.29 is 0 Å². The van der Waals surface area contributed by atoms with Crippen LogP contribution < -0.4 is 5.73 Å². The van der Waals surface area contributed by atoms with Gasteiger partial charge in [-0.15, -0.1) is 0 Å². The molecule has 3 nitrogen and oxygen atoms in total. The molecule has 1 aliphatic rings. The summed E-state index contributed by atoms with van der Waals surface area (Å²) in [5.41, 5.74) is 10.4. The third kappa shape index (κ3) is 3.36. The van der Waals surface area contributed by atoms with Gasteiger partial charge in [-0.2, -0.15) is 0 Å². The van der Waals surface area contributed by atoms with Gasteiger partial charge in [-0.1, -0.05) is 18.2 Å². The maximum Gasteiger partial charge on any atom is 0.0314 e. The molecule has 3 heteroatoms. The van der Waals surface area contributed by atoms with E-state index in [0.717, 1.165) is 24.8 Å². The number of hydrogen-bond acceptors (Lipinski definition) is 3. The van der Waals surface area contributed by atoms with Crippen LogP contribution in [0.15, 0.2) is 42.7 Å². The fourth-order valence-electron chi connectivity index (χ4n) is 2.55. The first-order valence-electron chi connectivity index (χ1n) is 7.20. The lowest BCUT2D eigenvalue weighted by Gasteiger charge is -2.22. The Morgan fingerprint density at radius 1 is 1.10 bits per heavy atom. The molecule has 1 heterocycles. The summed E-state index contributed by atoms with van der Waals surface area (Å²) in [5, 5.41) is 0. The third-order valence-electron chi connectivity index (χ3n) is 3.75. The van der Waals surface area contributed by atoms with Gasteiger partial charge in [0, 0.05) is 37.2 Å². The Labute approximate surface area is 120 Å². The summed E-state index contributed by atoms with van der Waals surface area (Å²) in [5.74, 6) is 0. The Hall–Kier alpha value is -1.87. The summed E-state index contributed by atoms with van der Waals surface area (Å²) in [6.45, 7) is 4.06. The second kappa shape index (κ2) is 5.63. The number of nitrogens with two attached hydrogens (primary N) is 1. The highest BCUT2D eigenvalue weighted by molar-refractivity contribution is 5.39. The van der Waals surface area contributed by atoms with Crippen molar-refractivity contribution in [3.63, 3.8) is 0 Å². The minimum absolute atomic E-state index is 0.730. The van der Waals surface area contributed by atoms with Crippen molar-refractivity contribution in [2.75, 3.05) is 5.73 Å². The summed E-state index contributed by atoms with van der Waals surface area (Å²) in [6.07, 6.45) is 6.51. The van der Waals surface area contributed by atoms with Crippen LogP contribution in [-0.4, -0.2) is 15.9 Å². The number of anilines is 1. The molecule has 20 heavy (non-hydrogen) atoms. The van der Waals surface area contributed by atoms with Crippen LogP contribution >= 0.6 is 0 Å². The second-order valence-electron chi connectivity index (χ2n) is 5.75. The van der Waals surface area contributed by atoms with Crippen LogP contribution in [0.4, 0.5) is 5.69 Å². The molecule has 104 valence electrons. The maximum absolute atomic E-state index is 5.75. The topological polar surface area (TPSA) is 42.2 Å². The zero-order valence-electron chi connectivity index (χ0n) is 11.9. The van der Waals surface area contributed by atoms with Crippen LogP contribution in [0.25, 0.3) is 0 Å². The largest absolute Gasteiger partial charge is 0.399 e. The number of nitrogens with zero attached hydrogens (tertiary/aromatic N) is 2. The Morgan fingerprint density at radius 3 is 2.45 bits per heavy atom. The molecule has 1 saturated carbocycles. The first kappa shape index (κ1) is 13.1. The van der Waals surface area contributed by atoms with E-state index in [0.29, 0.717) is 0 Å². The van der Waals surface area contributed by atoms with Crippen LogP contribution in [-0.2, 0) is 13.1 Å². The van der Waals surface area contributed by atoms with Crippen LogP contribution in [0, 0.1) is 6.92 Å². The SMILES string of the molecule is Cc1cncc(CN(Cc2ccc(N)cc2)C2CC2)c1. The molecule has 0 spiro atoms. The van der Waals surface area contributed by atoms with Crippen molar-refractivity contribution in [1.29, 1.82) is 0 Å². The summed E-state index contributed by atoms with van der Waals surface area (Å²) in [6, 6.07) is 11.2. The van der Waals surface area contributed by atoms with Gasteiger partial charge >= 0.3 is 0 Å². The van der Waals surface area contributed by atoms with Crippen molar-refractivity contribution in [2.24, 2.45) is 0 Å². The molecule has 0 radical (unpaired) electrons. The van der Waals surface area contributed by atoms with E-state index < -0.39 is 0 Å². The zero-order chi connectivity index (χ0) is 13.9. The average molecular weight is 267 g/mol. The summed E-state index contributed by atoms with van der Waals surface area (Å²) >= 11 is 0. The lowest BCUT2D eigenvalue weighted by Crippen LogP contribution is -2.25.